The molecule has 1 aromatic heterocycles. The number of ether oxygens (including phenoxy) is 2. The van der Waals surface area contributed by atoms with Gasteiger partial charge in [-0.25, -0.2) is 0 Å². The second kappa shape index (κ2) is 28.5. The summed E-state index contributed by atoms with van der Waals surface area (Å²) in [5.41, 5.74) is 14.9. The fraction of sp³-hybridized carbons (Fsp3) is 0.667. The number of carbonyl (C=O) groups excluding carboxylic acids is 3. The number of amides is 3. The Kier molecular flexibility index (Phi) is 22.4. The molecule has 74 heavy (non-hydrogen) atoms. The van der Waals surface area contributed by atoms with E-state index in [2.05, 4.69) is 54.1 Å². The van der Waals surface area contributed by atoms with Crippen LogP contribution in [-0.2, 0) is 38.7 Å². The van der Waals surface area contributed by atoms with Gasteiger partial charge < -0.3 is 46.5 Å². The fourth-order valence-corrected chi connectivity index (χ4v) is 10.5. The Morgan fingerprint density at radius 3 is 2.09 bits per heavy atom. The molecule has 17 nitrogen and oxygen atoms in total. The molecule has 0 spiro atoms. The maximum Gasteiger partial charge on any atom is 0.573 e. The van der Waals surface area contributed by atoms with E-state index >= 15 is 0 Å². The van der Waals surface area contributed by atoms with Crippen LogP contribution in [0.4, 0.5) is 13.2 Å². The van der Waals surface area contributed by atoms with Crippen molar-refractivity contribution in [1.82, 2.24) is 35.8 Å². The van der Waals surface area contributed by atoms with Gasteiger partial charge in [-0.3, -0.25) is 28.8 Å². The van der Waals surface area contributed by atoms with Gasteiger partial charge in [-0.1, -0.05) is 56.4 Å². The SMILES string of the molecule is C[C@H](C(=O)O)[C@H](c1ccc2c(c1)O[C@@H](C1CCN(Cc3cc(-c4cn(CCCCCCCCCC(=O)NCC[N+](C)(CCC(=O)NCCN)CCC(=O)NCCN)nn4)ccc3OC(F)(F)F)CC1)CC2)C1CC1. The maximum absolute atomic E-state index is 13.6. The second-order valence-corrected chi connectivity index (χ2v) is 21.0. The third-order valence-electron chi connectivity index (χ3n) is 15.1. The molecule has 20 heteroatoms. The number of rotatable bonds is 32. The summed E-state index contributed by atoms with van der Waals surface area (Å²) in [5.74, 6) is -0.173. The number of aliphatic carboxylic acids is 1. The molecule has 3 aromatic rings. The summed E-state index contributed by atoms with van der Waals surface area (Å²) in [5, 5.41) is 27.1. The van der Waals surface area contributed by atoms with Crippen molar-refractivity contribution in [1.29, 1.82) is 0 Å². The molecule has 2 aliphatic heterocycles. The van der Waals surface area contributed by atoms with E-state index in [1.54, 1.807) is 23.7 Å². The van der Waals surface area contributed by atoms with Crippen molar-refractivity contribution >= 4 is 23.7 Å². The molecule has 0 radical (unpaired) electrons. The monoisotopic (exact) mass is 1040 g/mol. The number of fused-ring (bicyclic) bond motifs is 1. The Morgan fingerprint density at radius 2 is 1.46 bits per heavy atom. The van der Waals surface area contributed by atoms with E-state index < -0.39 is 18.2 Å². The third kappa shape index (κ3) is 18.8. The number of carbonyl (C=O) groups is 4. The van der Waals surface area contributed by atoms with E-state index in [9.17, 15) is 37.5 Å². The lowest BCUT2D eigenvalue weighted by molar-refractivity contribution is -0.907. The number of unbranched alkanes of at least 4 members (excludes halogenated alkanes) is 6. The van der Waals surface area contributed by atoms with Gasteiger partial charge in [0.2, 0.25) is 17.7 Å². The van der Waals surface area contributed by atoms with Gasteiger partial charge in [0.15, 0.2) is 0 Å². The van der Waals surface area contributed by atoms with Gasteiger partial charge in [-0.2, -0.15) is 0 Å². The molecule has 0 bridgehead atoms. The number of quaternary nitrogens is 1. The van der Waals surface area contributed by atoms with Crippen molar-refractivity contribution in [3.05, 3.63) is 59.3 Å². The summed E-state index contributed by atoms with van der Waals surface area (Å²) in [7, 11) is 1.99. The number of aryl methyl sites for hydroxylation is 2. The largest absolute Gasteiger partial charge is 0.573 e. The number of halogens is 3. The van der Waals surface area contributed by atoms with E-state index in [0.29, 0.717) is 124 Å². The minimum Gasteiger partial charge on any atom is -0.490 e. The number of aromatic nitrogens is 3. The average Bonchev–Trinajstić information content (AvgIpc) is 4.10. The standard InChI is InChI=1S/C54H81F3N10O7/c1-38(53(71)72)52(41-12-13-41)43-14-11-39-15-17-46(73-48(39)35-43)40-19-29-65(30-20-40)36-44-34-42(16-18-47(44)74-54(55,56)57)45-37-66(64-63-45)28-9-7-5-3-4-6-8-10-49(68)62-27-33-67(2,31-21-50(69)60-25-23-58)32-22-51(70)61-26-24-59/h11,14,16,18,34-35,37-38,40-41,46,52H,3-10,12-13,15,17,19-33,36,58-59H2,1-2H3,(H3-,60,61,62,68,69,70,71,72)/p+1/t38-,46+,52-/m0/s1. The number of likely N-dealkylation sites (N-methyl/N-ethyl adjacent to an activating group) is 1. The quantitative estimate of drug-likeness (QED) is 0.0300. The highest BCUT2D eigenvalue weighted by molar-refractivity contribution is 5.77. The molecule has 3 atom stereocenters. The molecule has 1 aliphatic carbocycles. The van der Waals surface area contributed by atoms with Crippen LogP contribution < -0.4 is 36.9 Å². The molecule has 3 amide bonds. The number of carboxylic acid groups (broad SMARTS) is 1. The maximum atomic E-state index is 13.6. The summed E-state index contributed by atoms with van der Waals surface area (Å²) in [6.45, 7) is 7.76. The van der Waals surface area contributed by atoms with Crippen LogP contribution >= 0.6 is 0 Å². The third-order valence-corrected chi connectivity index (χ3v) is 15.1. The number of carboxylic acids is 1. The van der Waals surface area contributed by atoms with Crippen LogP contribution in [0.15, 0.2) is 42.6 Å². The lowest BCUT2D eigenvalue weighted by atomic mass is 9.81. The van der Waals surface area contributed by atoms with Crippen LogP contribution in [0.1, 0.15) is 126 Å². The normalized spacial score (nSPS) is 17.2. The van der Waals surface area contributed by atoms with Crippen LogP contribution in [0.25, 0.3) is 11.3 Å². The predicted molar refractivity (Wildman–Crippen MR) is 276 cm³/mol. The molecule has 2 aromatic carbocycles. The minimum absolute atomic E-state index is 0.00907. The molecule has 0 unspecified atom stereocenters. The number of nitrogens with one attached hydrogen (secondary N) is 3. The lowest BCUT2D eigenvalue weighted by Crippen LogP contribution is -2.52. The number of benzene rings is 2. The molecule has 2 fully saturated rings. The Balaban J connectivity index is 0.889. The molecule has 1 saturated carbocycles. The highest BCUT2D eigenvalue weighted by Gasteiger charge is 2.40. The van der Waals surface area contributed by atoms with Crippen LogP contribution in [0.2, 0.25) is 0 Å². The van der Waals surface area contributed by atoms with Crippen molar-refractivity contribution in [2.75, 3.05) is 72.5 Å². The van der Waals surface area contributed by atoms with Crippen molar-refractivity contribution in [3.8, 4) is 22.8 Å². The molecule has 1 saturated heterocycles. The molecule has 410 valence electrons. The number of nitrogens with zero attached hydrogens (tertiary/aromatic N) is 5. The van der Waals surface area contributed by atoms with E-state index in [1.165, 1.54) is 6.07 Å². The molecular formula is C54H82F3N10O7+. The average molecular weight is 1040 g/mol. The number of nitrogens with two attached hydrogens (primary N) is 2. The van der Waals surface area contributed by atoms with Crippen molar-refractivity contribution in [2.24, 2.45) is 29.2 Å². The second-order valence-electron chi connectivity index (χ2n) is 21.0. The lowest BCUT2D eigenvalue weighted by Gasteiger charge is -2.38. The topological polar surface area (TPSA) is 229 Å². The van der Waals surface area contributed by atoms with Crippen molar-refractivity contribution in [2.45, 2.75) is 141 Å². The molecular weight excluding hydrogens is 958 g/mol. The van der Waals surface area contributed by atoms with Gasteiger partial charge in [-0.05, 0) is 118 Å². The van der Waals surface area contributed by atoms with Crippen LogP contribution in [0, 0.1) is 17.8 Å². The zero-order valence-corrected chi connectivity index (χ0v) is 43.6. The van der Waals surface area contributed by atoms with E-state index in [-0.39, 0.29) is 42.0 Å². The van der Waals surface area contributed by atoms with Gasteiger partial charge in [0.25, 0.3) is 0 Å². The number of hydrogen-bond acceptors (Lipinski definition) is 11. The zero-order valence-electron chi connectivity index (χ0n) is 43.6. The highest BCUT2D eigenvalue weighted by atomic mass is 19.4. The smallest absolute Gasteiger partial charge is 0.490 e. The molecule has 6 rings (SSSR count). The first-order chi connectivity index (χ1) is 35.5. The number of piperidine rings is 1. The zero-order chi connectivity index (χ0) is 53.1. The van der Waals surface area contributed by atoms with Gasteiger partial charge in [0, 0.05) is 56.8 Å². The number of likely N-dealkylation sites (tertiary alicyclic amines) is 1. The van der Waals surface area contributed by atoms with Crippen molar-refractivity contribution in [3.63, 3.8) is 0 Å². The summed E-state index contributed by atoms with van der Waals surface area (Å²) in [6, 6.07) is 10.9. The van der Waals surface area contributed by atoms with E-state index in [0.717, 1.165) is 100 Å². The summed E-state index contributed by atoms with van der Waals surface area (Å²) in [6.07, 6.45) is 10.3. The summed E-state index contributed by atoms with van der Waals surface area (Å²) < 4.78 is 54.2. The predicted octanol–water partition coefficient (Wildman–Crippen LogP) is 6.28. The summed E-state index contributed by atoms with van der Waals surface area (Å²) in [4.78, 5) is 51.3. The molecule has 3 heterocycles. The Labute approximate surface area is 434 Å². The highest BCUT2D eigenvalue weighted by Crippen LogP contribution is 2.48. The first kappa shape index (κ1) is 58.0. The molecule has 8 N–H and O–H groups in total. The number of hydrogen-bond donors (Lipinski definition) is 6. The fourth-order valence-electron chi connectivity index (χ4n) is 10.5. The van der Waals surface area contributed by atoms with Crippen LogP contribution in [0.5, 0.6) is 11.5 Å². The van der Waals surface area contributed by atoms with Crippen molar-refractivity contribution < 1.29 is 51.4 Å². The molecule has 3 aliphatic rings. The van der Waals surface area contributed by atoms with Gasteiger partial charge in [0.05, 0.1) is 58.2 Å². The van der Waals surface area contributed by atoms with E-state index in [1.807, 2.05) is 13.2 Å². The first-order valence-electron chi connectivity index (χ1n) is 27.1. The van der Waals surface area contributed by atoms with E-state index in [4.69, 9.17) is 16.2 Å². The van der Waals surface area contributed by atoms with Crippen LogP contribution in [-0.4, -0.2) is 138 Å². The van der Waals surface area contributed by atoms with Crippen LogP contribution in [0.3, 0.4) is 0 Å². The minimum atomic E-state index is -4.84. The number of alkyl halides is 3. The first-order valence-corrected chi connectivity index (χ1v) is 27.1. The summed E-state index contributed by atoms with van der Waals surface area (Å²) >= 11 is 0. The Bertz CT molecular complexity index is 2240. The van der Waals surface area contributed by atoms with Gasteiger partial charge in [-0.15, -0.1) is 18.3 Å². The van der Waals surface area contributed by atoms with Gasteiger partial charge in [0.1, 0.15) is 23.3 Å². The Morgan fingerprint density at radius 1 is 0.824 bits per heavy atom. The van der Waals surface area contributed by atoms with Gasteiger partial charge >= 0.3 is 12.3 Å². The Hall–Kier alpha value is -5.31.